The van der Waals surface area contributed by atoms with Crippen molar-refractivity contribution in [1.29, 1.82) is 0 Å². The summed E-state index contributed by atoms with van der Waals surface area (Å²) in [6.45, 7) is 0. The first-order chi connectivity index (χ1) is 5.86. The van der Waals surface area contributed by atoms with E-state index < -0.39 is 0 Å². The standard InChI is InChI=1S/C8H7N3S.Ag/c12-8-6-11(10-9-8)7-4-2-1-3-5-7;/h1-6,12H;/q;+1. The summed E-state index contributed by atoms with van der Waals surface area (Å²) in [5.41, 5.74) is 0.991. The van der Waals surface area contributed by atoms with E-state index in [4.69, 9.17) is 0 Å². The van der Waals surface area contributed by atoms with Crippen molar-refractivity contribution in [2.45, 2.75) is 5.03 Å². The van der Waals surface area contributed by atoms with Crippen LogP contribution in [-0.2, 0) is 22.4 Å². The third kappa shape index (κ3) is 2.45. The molecule has 0 atom stereocenters. The Morgan fingerprint density at radius 3 is 2.38 bits per heavy atom. The van der Waals surface area contributed by atoms with Gasteiger partial charge in [-0.05, 0) is 12.1 Å². The molecule has 0 radical (unpaired) electrons. The molecule has 0 aliphatic heterocycles. The molecule has 0 saturated carbocycles. The maximum Gasteiger partial charge on any atom is 1.00 e. The molecule has 2 aromatic rings. The number of rotatable bonds is 1. The minimum atomic E-state index is 0. The predicted octanol–water partition coefficient (Wildman–Crippen LogP) is 1.55. The molecule has 2 rings (SSSR count). The second-order valence-electron chi connectivity index (χ2n) is 2.36. The monoisotopic (exact) mass is 284 g/mol. The smallest absolute Gasteiger partial charge is 0.220 e. The Kier molecular flexibility index (Phi) is 3.74. The molecule has 0 unspecified atom stereocenters. The van der Waals surface area contributed by atoms with Gasteiger partial charge in [0.15, 0.2) is 0 Å². The Hall–Kier alpha value is -0.550. The number of para-hydroxylation sites is 1. The summed E-state index contributed by atoms with van der Waals surface area (Å²) < 4.78 is 1.68. The Balaban J connectivity index is 0.000000845. The van der Waals surface area contributed by atoms with E-state index in [-0.39, 0.29) is 22.4 Å². The summed E-state index contributed by atoms with van der Waals surface area (Å²) in [5.74, 6) is 0. The molecule has 1 heterocycles. The fourth-order valence-electron chi connectivity index (χ4n) is 0.962. The minimum Gasteiger partial charge on any atom is -0.220 e. The third-order valence-corrected chi connectivity index (χ3v) is 1.71. The van der Waals surface area contributed by atoms with Crippen LogP contribution in [0.1, 0.15) is 0 Å². The first kappa shape index (κ1) is 10.5. The number of hydrogen-bond acceptors (Lipinski definition) is 3. The van der Waals surface area contributed by atoms with E-state index in [2.05, 4.69) is 22.9 Å². The molecule has 70 valence electrons. The van der Waals surface area contributed by atoms with Crippen molar-refractivity contribution in [3.8, 4) is 5.69 Å². The Morgan fingerprint density at radius 1 is 1.15 bits per heavy atom. The fraction of sp³-hybridized carbons (Fsp3) is 0. The van der Waals surface area contributed by atoms with E-state index >= 15 is 0 Å². The van der Waals surface area contributed by atoms with Crippen molar-refractivity contribution in [1.82, 2.24) is 15.0 Å². The number of nitrogens with zero attached hydrogens (tertiary/aromatic N) is 3. The van der Waals surface area contributed by atoms with E-state index in [1.165, 1.54) is 0 Å². The third-order valence-electron chi connectivity index (χ3n) is 1.50. The molecule has 3 nitrogen and oxygen atoms in total. The van der Waals surface area contributed by atoms with Crippen LogP contribution >= 0.6 is 12.6 Å². The quantitative estimate of drug-likeness (QED) is 0.636. The second-order valence-corrected chi connectivity index (χ2v) is 2.82. The number of aromatic nitrogens is 3. The SMILES string of the molecule is Sc1cn(-c2ccccc2)nn1.[Ag+]. The van der Waals surface area contributed by atoms with Gasteiger partial charge in [-0.15, -0.1) is 17.7 Å². The maximum atomic E-state index is 4.06. The second kappa shape index (κ2) is 4.62. The van der Waals surface area contributed by atoms with Crippen LogP contribution in [0.15, 0.2) is 41.6 Å². The van der Waals surface area contributed by atoms with Crippen molar-refractivity contribution in [3.05, 3.63) is 36.5 Å². The molecule has 0 aliphatic rings. The van der Waals surface area contributed by atoms with Crippen LogP contribution in [0.4, 0.5) is 0 Å². The van der Waals surface area contributed by atoms with Crippen molar-refractivity contribution in [3.63, 3.8) is 0 Å². The van der Waals surface area contributed by atoms with Gasteiger partial charge in [0.05, 0.1) is 11.9 Å². The summed E-state index contributed by atoms with van der Waals surface area (Å²) in [6, 6.07) is 9.79. The van der Waals surface area contributed by atoms with Crippen molar-refractivity contribution in [2.24, 2.45) is 0 Å². The van der Waals surface area contributed by atoms with Crippen LogP contribution in [0.5, 0.6) is 0 Å². The van der Waals surface area contributed by atoms with E-state index in [0.717, 1.165) is 5.69 Å². The minimum absolute atomic E-state index is 0. The average molecular weight is 285 g/mol. The Morgan fingerprint density at radius 2 is 1.85 bits per heavy atom. The van der Waals surface area contributed by atoms with Gasteiger partial charge < -0.3 is 0 Å². The van der Waals surface area contributed by atoms with Crippen LogP contribution in [0, 0.1) is 0 Å². The van der Waals surface area contributed by atoms with Crippen molar-refractivity contribution in [2.75, 3.05) is 0 Å². The van der Waals surface area contributed by atoms with Crippen molar-refractivity contribution >= 4 is 12.6 Å². The fourth-order valence-corrected chi connectivity index (χ4v) is 1.11. The number of benzene rings is 1. The zero-order valence-electron chi connectivity index (χ0n) is 6.55. The maximum absolute atomic E-state index is 4.06. The first-order valence-corrected chi connectivity index (χ1v) is 3.98. The average Bonchev–Trinajstić information content (AvgIpc) is 2.54. The Labute approximate surface area is 97.1 Å². The van der Waals surface area contributed by atoms with E-state index in [9.17, 15) is 0 Å². The summed E-state index contributed by atoms with van der Waals surface area (Å²) in [6.07, 6.45) is 1.76. The van der Waals surface area contributed by atoms with E-state index in [1.807, 2.05) is 30.3 Å². The van der Waals surface area contributed by atoms with Crippen LogP contribution in [0.25, 0.3) is 5.69 Å². The van der Waals surface area contributed by atoms with E-state index in [0.29, 0.717) is 5.03 Å². The zero-order chi connectivity index (χ0) is 8.39. The molecule has 0 fully saturated rings. The Bertz CT molecular complexity index is 374. The van der Waals surface area contributed by atoms with Gasteiger partial charge in [-0.3, -0.25) is 0 Å². The van der Waals surface area contributed by atoms with Gasteiger partial charge in [-0.2, -0.15) is 0 Å². The summed E-state index contributed by atoms with van der Waals surface area (Å²) in [5, 5.41) is 8.27. The first-order valence-electron chi connectivity index (χ1n) is 3.53. The molecule has 0 bridgehead atoms. The van der Waals surface area contributed by atoms with Gasteiger partial charge in [0.2, 0.25) is 0 Å². The predicted molar refractivity (Wildman–Crippen MR) is 48.6 cm³/mol. The van der Waals surface area contributed by atoms with Crippen molar-refractivity contribution < 1.29 is 22.4 Å². The van der Waals surface area contributed by atoms with E-state index in [1.54, 1.807) is 10.9 Å². The molecule has 0 N–H and O–H groups in total. The largest absolute Gasteiger partial charge is 1.00 e. The summed E-state index contributed by atoms with van der Waals surface area (Å²) in [4.78, 5) is 0. The number of thiol groups is 1. The molecular weight excluding hydrogens is 278 g/mol. The topological polar surface area (TPSA) is 30.7 Å². The molecule has 5 heteroatoms. The molecule has 0 spiro atoms. The van der Waals surface area contributed by atoms with Gasteiger partial charge in [0.25, 0.3) is 0 Å². The normalized spacial score (nSPS) is 9.31. The molecule has 13 heavy (non-hydrogen) atoms. The molecule has 0 aliphatic carbocycles. The van der Waals surface area contributed by atoms with Gasteiger partial charge in [-0.25, -0.2) is 4.68 Å². The summed E-state index contributed by atoms with van der Waals surface area (Å²) in [7, 11) is 0. The van der Waals surface area contributed by atoms with Gasteiger partial charge in [0.1, 0.15) is 5.03 Å². The molecule has 0 saturated heterocycles. The van der Waals surface area contributed by atoms with Crippen LogP contribution in [0.2, 0.25) is 0 Å². The van der Waals surface area contributed by atoms with Gasteiger partial charge >= 0.3 is 22.4 Å². The van der Waals surface area contributed by atoms with Crippen LogP contribution in [0.3, 0.4) is 0 Å². The summed E-state index contributed by atoms with van der Waals surface area (Å²) >= 11 is 4.06. The number of hydrogen-bond donors (Lipinski definition) is 1. The van der Waals surface area contributed by atoms with Gasteiger partial charge in [-0.1, -0.05) is 23.4 Å². The zero-order valence-corrected chi connectivity index (χ0v) is 8.93. The molecule has 1 aromatic heterocycles. The van der Waals surface area contributed by atoms with Crippen LogP contribution in [-0.4, -0.2) is 15.0 Å². The molecule has 0 amide bonds. The van der Waals surface area contributed by atoms with Crippen LogP contribution < -0.4 is 0 Å². The molecule has 1 aromatic carbocycles. The van der Waals surface area contributed by atoms with Gasteiger partial charge in [0, 0.05) is 0 Å². The molecular formula is C8H7AgN3S+.